The van der Waals surface area contributed by atoms with E-state index < -0.39 is 0 Å². The standard InChI is InChI=1S/C13H10FN3OS/c14-10-4-2-1-3-8(10)7-11-16-13(18-17-11)9-5-6-19-12(9)15/h1-6H,7,15H2. The number of thiophene rings is 1. The highest BCUT2D eigenvalue weighted by Crippen LogP contribution is 2.29. The maximum atomic E-state index is 13.5. The lowest BCUT2D eigenvalue weighted by Crippen LogP contribution is -1.94. The third-order valence-electron chi connectivity index (χ3n) is 2.70. The predicted molar refractivity (Wildman–Crippen MR) is 71.2 cm³/mol. The molecule has 2 heterocycles. The molecule has 1 aromatic carbocycles. The molecule has 0 unspecified atom stereocenters. The van der Waals surface area contributed by atoms with E-state index in [9.17, 15) is 4.39 Å². The van der Waals surface area contributed by atoms with Gasteiger partial charge in [-0.2, -0.15) is 4.98 Å². The molecule has 6 heteroatoms. The van der Waals surface area contributed by atoms with Crippen LogP contribution in [0, 0.1) is 5.82 Å². The van der Waals surface area contributed by atoms with E-state index in [0.29, 0.717) is 28.7 Å². The van der Waals surface area contributed by atoms with E-state index in [1.807, 2.05) is 11.4 Å². The van der Waals surface area contributed by atoms with E-state index in [1.54, 1.807) is 18.2 Å². The summed E-state index contributed by atoms with van der Waals surface area (Å²) in [6.45, 7) is 0. The van der Waals surface area contributed by atoms with Crippen LogP contribution in [0.5, 0.6) is 0 Å². The summed E-state index contributed by atoms with van der Waals surface area (Å²) in [7, 11) is 0. The van der Waals surface area contributed by atoms with Crippen molar-refractivity contribution in [2.45, 2.75) is 6.42 Å². The third-order valence-corrected chi connectivity index (χ3v) is 3.45. The Labute approximate surface area is 112 Å². The number of halogens is 1. The minimum atomic E-state index is -0.274. The fourth-order valence-corrected chi connectivity index (χ4v) is 2.38. The van der Waals surface area contributed by atoms with Crippen LogP contribution >= 0.6 is 11.3 Å². The molecule has 96 valence electrons. The van der Waals surface area contributed by atoms with Crippen molar-refractivity contribution < 1.29 is 8.91 Å². The number of anilines is 1. The van der Waals surface area contributed by atoms with Crippen molar-refractivity contribution in [3.63, 3.8) is 0 Å². The van der Waals surface area contributed by atoms with E-state index in [0.717, 1.165) is 5.56 Å². The lowest BCUT2D eigenvalue weighted by molar-refractivity contribution is 0.424. The van der Waals surface area contributed by atoms with E-state index in [1.165, 1.54) is 17.4 Å². The maximum Gasteiger partial charge on any atom is 0.260 e. The third kappa shape index (κ3) is 2.34. The normalized spacial score (nSPS) is 10.8. The molecule has 0 aliphatic rings. The first-order chi connectivity index (χ1) is 9.24. The van der Waals surface area contributed by atoms with Crippen molar-refractivity contribution >= 4 is 16.3 Å². The Hall–Kier alpha value is -2.21. The fourth-order valence-electron chi connectivity index (χ4n) is 1.74. The Morgan fingerprint density at radius 3 is 2.84 bits per heavy atom. The van der Waals surface area contributed by atoms with Crippen molar-refractivity contribution in [3.8, 4) is 11.5 Å². The quantitative estimate of drug-likeness (QED) is 0.797. The van der Waals surface area contributed by atoms with Gasteiger partial charge in [-0.25, -0.2) is 4.39 Å². The Morgan fingerprint density at radius 2 is 2.11 bits per heavy atom. The Morgan fingerprint density at radius 1 is 1.26 bits per heavy atom. The first kappa shape index (κ1) is 11.9. The van der Waals surface area contributed by atoms with Gasteiger partial charge in [0.2, 0.25) is 0 Å². The fraction of sp³-hybridized carbons (Fsp3) is 0.0769. The molecule has 0 saturated heterocycles. The summed E-state index contributed by atoms with van der Waals surface area (Å²) in [6, 6.07) is 8.35. The van der Waals surface area contributed by atoms with Crippen molar-refractivity contribution in [2.75, 3.05) is 5.73 Å². The van der Waals surface area contributed by atoms with E-state index in [-0.39, 0.29) is 5.82 Å². The zero-order chi connectivity index (χ0) is 13.2. The highest BCUT2D eigenvalue weighted by molar-refractivity contribution is 7.14. The molecule has 0 atom stereocenters. The molecule has 2 N–H and O–H groups in total. The van der Waals surface area contributed by atoms with Crippen LogP contribution < -0.4 is 5.73 Å². The average molecular weight is 275 g/mol. The number of nitrogen functional groups attached to an aromatic ring is 1. The van der Waals surface area contributed by atoms with Gasteiger partial charge < -0.3 is 10.3 Å². The SMILES string of the molecule is Nc1sccc1-c1nc(Cc2ccccc2F)no1. The van der Waals surface area contributed by atoms with Crippen LogP contribution in [0.3, 0.4) is 0 Å². The zero-order valence-electron chi connectivity index (χ0n) is 9.84. The second-order valence-electron chi connectivity index (χ2n) is 3.98. The minimum Gasteiger partial charge on any atom is -0.390 e. The summed E-state index contributed by atoms with van der Waals surface area (Å²) in [5, 5.41) is 6.32. The number of nitrogens with zero attached hydrogens (tertiary/aromatic N) is 2. The zero-order valence-corrected chi connectivity index (χ0v) is 10.7. The molecule has 3 rings (SSSR count). The van der Waals surface area contributed by atoms with Gasteiger partial charge in [0.25, 0.3) is 5.89 Å². The van der Waals surface area contributed by atoms with Crippen LogP contribution in [0.2, 0.25) is 0 Å². The summed E-state index contributed by atoms with van der Waals surface area (Å²) in [4.78, 5) is 4.23. The summed E-state index contributed by atoms with van der Waals surface area (Å²) >= 11 is 1.40. The number of rotatable bonds is 3. The topological polar surface area (TPSA) is 64.9 Å². The average Bonchev–Trinajstić information content (AvgIpc) is 3.01. The minimum absolute atomic E-state index is 0.274. The van der Waals surface area contributed by atoms with Crippen molar-refractivity contribution in [1.29, 1.82) is 0 Å². The maximum absolute atomic E-state index is 13.5. The number of nitrogens with two attached hydrogens (primary N) is 1. The number of benzene rings is 1. The highest BCUT2D eigenvalue weighted by Gasteiger charge is 2.13. The smallest absolute Gasteiger partial charge is 0.260 e. The highest BCUT2D eigenvalue weighted by atomic mass is 32.1. The molecule has 2 aromatic heterocycles. The Kier molecular flexibility index (Phi) is 3.00. The monoisotopic (exact) mass is 275 g/mol. The van der Waals surface area contributed by atoms with E-state index >= 15 is 0 Å². The van der Waals surface area contributed by atoms with Crippen LogP contribution in [0.4, 0.5) is 9.39 Å². The molecule has 0 spiro atoms. The van der Waals surface area contributed by atoms with Gasteiger partial charge in [-0.3, -0.25) is 0 Å². The van der Waals surface area contributed by atoms with Gasteiger partial charge in [0.05, 0.1) is 10.6 Å². The molecule has 0 saturated carbocycles. The van der Waals surface area contributed by atoms with Gasteiger partial charge in [-0.1, -0.05) is 23.4 Å². The van der Waals surface area contributed by atoms with Crippen molar-refractivity contribution in [2.24, 2.45) is 0 Å². The van der Waals surface area contributed by atoms with Crippen LogP contribution in [-0.4, -0.2) is 10.1 Å². The van der Waals surface area contributed by atoms with Gasteiger partial charge in [-0.05, 0) is 23.1 Å². The van der Waals surface area contributed by atoms with E-state index in [4.69, 9.17) is 10.3 Å². The number of hydrogen-bond acceptors (Lipinski definition) is 5. The van der Waals surface area contributed by atoms with Crippen LogP contribution in [0.1, 0.15) is 11.4 Å². The van der Waals surface area contributed by atoms with Crippen LogP contribution in [-0.2, 0) is 6.42 Å². The Balaban J connectivity index is 1.87. The molecular weight excluding hydrogens is 265 g/mol. The molecule has 3 aromatic rings. The second-order valence-corrected chi connectivity index (χ2v) is 4.93. The van der Waals surface area contributed by atoms with Crippen molar-refractivity contribution in [1.82, 2.24) is 10.1 Å². The summed E-state index contributed by atoms with van der Waals surface area (Å²) in [6.07, 6.45) is 0.292. The van der Waals surface area contributed by atoms with E-state index in [2.05, 4.69) is 10.1 Å². The summed E-state index contributed by atoms with van der Waals surface area (Å²) in [5.41, 5.74) is 7.04. The number of hydrogen-bond donors (Lipinski definition) is 1. The first-order valence-corrected chi connectivity index (χ1v) is 6.51. The van der Waals surface area contributed by atoms with Crippen molar-refractivity contribution in [3.05, 3.63) is 52.9 Å². The second kappa shape index (κ2) is 4.81. The van der Waals surface area contributed by atoms with Gasteiger partial charge in [-0.15, -0.1) is 11.3 Å². The van der Waals surface area contributed by atoms with Crippen LogP contribution in [0.15, 0.2) is 40.2 Å². The lowest BCUT2D eigenvalue weighted by Gasteiger charge is -1.97. The molecule has 0 amide bonds. The summed E-state index contributed by atoms with van der Waals surface area (Å²) < 4.78 is 18.7. The molecule has 4 nitrogen and oxygen atoms in total. The summed E-state index contributed by atoms with van der Waals surface area (Å²) in [5.74, 6) is 0.527. The lowest BCUT2D eigenvalue weighted by atomic mass is 10.1. The number of aromatic nitrogens is 2. The van der Waals surface area contributed by atoms with Crippen LogP contribution in [0.25, 0.3) is 11.5 Å². The van der Waals surface area contributed by atoms with Gasteiger partial charge >= 0.3 is 0 Å². The molecule has 19 heavy (non-hydrogen) atoms. The molecule has 0 bridgehead atoms. The molecular formula is C13H10FN3OS. The molecule has 0 aliphatic carbocycles. The first-order valence-electron chi connectivity index (χ1n) is 5.63. The Bertz CT molecular complexity index is 707. The van der Waals surface area contributed by atoms with Gasteiger partial charge in [0.1, 0.15) is 5.82 Å². The molecule has 0 radical (unpaired) electrons. The molecule has 0 fully saturated rings. The van der Waals surface area contributed by atoms with Gasteiger partial charge in [0.15, 0.2) is 5.82 Å². The largest absolute Gasteiger partial charge is 0.390 e. The predicted octanol–water partition coefficient (Wildman–Crippen LogP) is 3.11. The van der Waals surface area contributed by atoms with Gasteiger partial charge in [0, 0.05) is 6.42 Å². The molecule has 0 aliphatic heterocycles.